The number of ether oxygens (including phenoxy) is 3. The maximum absolute atomic E-state index is 9.81. The van der Waals surface area contributed by atoms with Gasteiger partial charge >= 0.3 is 0 Å². The van der Waals surface area contributed by atoms with Crippen LogP contribution in [0.15, 0.2) is 24.3 Å². The van der Waals surface area contributed by atoms with E-state index in [1.54, 1.807) is 14.2 Å². The molecule has 0 fully saturated rings. The average molecular weight is 311 g/mol. The maximum atomic E-state index is 9.81. The zero-order valence-electron chi connectivity index (χ0n) is 14.0. The highest BCUT2D eigenvalue weighted by Gasteiger charge is 2.09. The van der Waals surface area contributed by atoms with Gasteiger partial charge in [0.15, 0.2) is 0 Å². The Morgan fingerprint density at radius 3 is 2.32 bits per heavy atom. The van der Waals surface area contributed by atoms with Gasteiger partial charge in [-0.25, -0.2) is 0 Å². The molecule has 0 bridgehead atoms. The molecule has 0 aliphatic carbocycles. The number of aliphatic hydroxyl groups is 1. The van der Waals surface area contributed by atoms with Gasteiger partial charge in [-0.2, -0.15) is 0 Å². The molecule has 2 N–H and O–H groups in total. The summed E-state index contributed by atoms with van der Waals surface area (Å²) < 4.78 is 16.1. The summed E-state index contributed by atoms with van der Waals surface area (Å²) >= 11 is 0. The standard InChI is InChI=1S/C17H29NO4/c1-13(2)18-10-15(19)11-22-16-7-5-14(6-8-16)9-17(21-4)12-20-3/h5-8,13,15,17-19H,9-12H2,1-4H3. The highest BCUT2D eigenvalue weighted by molar-refractivity contribution is 5.27. The smallest absolute Gasteiger partial charge is 0.119 e. The zero-order chi connectivity index (χ0) is 16.4. The fourth-order valence-electron chi connectivity index (χ4n) is 2.00. The Kier molecular flexibility index (Phi) is 9.08. The number of benzene rings is 1. The zero-order valence-corrected chi connectivity index (χ0v) is 14.0. The first-order chi connectivity index (χ1) is 10.5. The summed E-state index contributed by atoms with van der Waals surface area (Å²) in [7, 11) is 3.36. The lowest BCUT2D eigenvalue weighted by molar-refractivity contribution is 0.0289. The van der Waals surface area contributed by atoms with Crippen molar-refractivity contribution in [3.05, 3.63) is 29.8 Å². The molecular weight excluding hydrogens is 282 g/mol. The van der Waals surface area contributed by atoms with Crippen molar-refractivity contribution < 1.29 is 19.3 Å². The predicted octanol–water partition coefficient (Wildman–Crippen LogP) is 1.63. The van der Waals surface area contributed by atoms with E-state index in [4.69, 9.17) is 14.2 Å². The molecule has 126 valence electrons. The Morgan fingerprint density at radius 1 is 1.09 bits per heavy atom. The Labute approximate surface area is 133 Å². The molecule has 5 heteroatoms. The molecule has 0 amide bonds. The first-order valence-electron chi connectivity index (χ1n) is 7.70. The molecule has 0 spiro atoms. The minimum Gasteiger partial charge on any atom is -0.491 e. The van der Waals surface area contributed by atoms with Gasteiger partial charge in [-0.1, -0.05) is 26.0 Å². The Hall–Kier alpha value is -1.14. The summed E-state index contributed by atoms with van der Waals surface area (Å²) in [6.45, 7) is 5.47. The molecule has 0 saturated carbocycles. The molecule has 0 saturated heterocycles. The molecule has 22 heavy (non-hydrogen) atoms. The van der Waals surface area contributed by atoms with Crippen molar-refractivity contribution >= 4 is 0 Å². The van der Waals surface area contributed by atoms with E-state index < -0.39 is 6.10 Å². The van der Waals surface area contributed by atoms with E-state index in [2.05, 4.69) is 5.32 Å². The van der Waals surface area contributed by atoms with Crippen molar-refractivity contribution in [2.24, 2.45) is 0 Å². The van der Waals surface area contributed by atoms with Crippen molar-refractivity contribution in [3.63, 3.8) is 0 Å². The van der Waals surface area contributed by atoms with E-state index in [1.807, 2.05) is 38.1 Å². The van der Waals surface area contributed by atoms with Crippen LogP contribution in [0, 0.1) is 0 Å². The summed E-state index contributed by atoms with van der Waals surface area (Å²) in [5, 5.41) is 13.0. The first kappa shape index (κ1) is 18.9. The second kappa shape index (κ2) is 10.6. The molecule has 2 unspecified atom stereocenters. The lowest BCUT2D eigenvalue weighted by Crippen LogP contribution is -2.35. The van der Waals surface area contributed by atoms with E-state index in [-0.39, 0.29) is 12.7 Å². The third kappa shape index (κ3) is 7.75. The SMILES string of the molecule is COCC(Cc1ccc(OCC(O)CNC(C)C)cc1)OC. The van der Waals surface area contributed by atoms with Gasteiger partial charge in [-0.3, -0.25) is 0 Å². The highest BCUT2D eigenvalue weighted by Crippen LogP contribution is 2.14. The quantitative estimate of drug-likeness (QED) is 0.650. The lowest BCUT2D eigenvalue weighted by atomic mass is 10.1. The number of aliphatic hydroxyl groups excluding tert-OH is 1. The van der Waals surface area contributed by atoms with Crippen molar-refractivity contribution in [2.45, 2.75) is 38.5 Å². The topological polar surface area (TPSA) is 60.0 Å². The minimum absolute atomic E-state index is 0.0562. The van der Waals surface area contributed by atoms with Gasteiger partial charge in [-0.15, -0.1) is 0 Å². The monoisotopic (exact) mass is 311 g/mol. The van der Waals surface area contributed by atoms with Crippen LogP contribution in [0.2, 0.25) is 0 Å². The van der Waals surface area contributed by atoms with Gasteiger partial charge in [0.25, 0.3) is 0 Å². The molecule has 1 aromatic rings. The van der Waals surface area contributed by atoms with Crippen LogP contribution < -0.4 is 10.1 Å². The number of methoxy groups -OCH3 is 2. The summed E-state index contributed by atoms with van der Waals surface area (Å²) in [4.78, 5) is 0. The molecule has 1 rings (SSSR count). The van der Waals surface area contributed by atoms with Gasteiger partial charge < -0.3 is 24.6 Å². The van der Waals surface area contributed by atoms with Crippen molar-refractivity contribution in [3.8, 4) is 5.75 Å². The van der Waals surface area contributed by atoms with Crippen LogP contribution in [0.5, 0.6) is 5.75 Å². The number of hydrogen-bond donors (Lipinski definition) is 2. The van der Waals surface area contributed by atoms with Crippen molar-refractivity contribution in [1.82, 2.24) is 5.32 Å². The van der Waals surface area contributed by atoms with E-state index in [1.165, 1.54) is 5.56 Å². The van der Waals surface area contributed by atoms with E-state index in [0.717, 1.165) is 12.2 Å². The summed E-state index contributed by atoms with van der Waals surface area (Å²) in [5.41, 5.74) is 1.17. The molecule has 0 heterocycles. The van der Waals surface area contributed by atoms with Crippen molar-refractivity contribution in [1.29, 1.82) is 0 Å². The maximum Gasteiger partial charge on any atom is 0.119 e. The molecule has 5 nitrogen and oxygen atoms in total. The largest absolute Gasteiger partial charge is 0.491 e. The van der Waals surface area contributed by atoms with Crippen LogP contribution >= 0.6 is 0 Å². The van der Waals surface area contributed by atoms with Crippen LogP contribution in [0.25, 0.3) is 0 Å². The highest BCUT2D eigenvalue weighted by atomic mass is 16.5. The van der Waals surface area contributed by atoms with Gasteiger partial charge in [0.1, 0.15) is 18.5 Å². The fourth-order valence-corrected chi connectivity index (χ4v) is 2.00. The Bertz CT molecular complexity index is 394. The van der Waals surface area contributed by atoms with Crippen LogP contribution in [0.3, 0.4) is 0 Å². The molecule has 0 aliphatic rings. The van der Waals surface area contributed by atoms with Crippen LogP contribution in [0.1, 0.15) is 19.4 Å². The third-order valence-electron chi connectivity index (χ3n) is 3.28. The molecule has 2 atom stereocenters. The van der Waals surface area contributed by atoms with Crippen molar-refractivity contribution in [2.75, 3.05) is 34.0 Å². The van der Waals surface area contributed by atoms with Gasteiger partial charge in [-0.05, 0) is 17.7 Å². The van der Waals surface area contributed by atoms with E-state index in [9.17, 15) is 5.11 Å². The Balaban J connectivity index is 2.38. The number of nitrogens with one attached hydrogen (secondary N) is 1. The van der Waals surface area contributed by atoms with Crippen LogP contribution in [-0.2, 0) is 15.9 Å². The average Bonchev–Trinajstić information content (AvgIpc) is 2.51. The molecule has 0 aliphatic heterocycles. The summed E-state index contributed by atoms with van der Waals surface area (Å²) in [6.07, 6.45) is 0.341. The predicted molar refractivity (Wildman–Crippen MR) is 87.5 cm³/mol. The third-order valence-corrected chi connectivity index (χ3v) is 3.28. The molecule has 0 radical (unpaired) electrons. The fraction of sp³-hybridized carbons (Fsp3) is 0.647. The first-order valence-corrected chi connectivity index (χ1v) is 7.70. The summed E-state index contributed by atoms with van der Waals surface area (Å²) in [6, 6.07) is 8.20. The second-order valence-corrected chi connectivity index (χ2v) is 5.69. The van der Waals surface area contributed by atoms with Gasteiger partial charge in [0, 0.05) is 33.2 Å². The lowest BCUT2D eigenvalue weighted by Gasteiger charge is -2.16. The van der Waals surface area contributed by atoms with Gasteiger partial charge in [0.05, 0.1) is 12.7 Å². The Morgan fingerprint density at radius 2 is 1.77 bits per heavy atom. The number of rotatable bonds is 11. The van der Waals surface area contributed by atoms with Gasteiger partial charge in [0.2, 0.25) is 0 Å². The van der Waals surface area contributed by atoms with Crippen LogP contribution in [-0.4, -0.2) is 57.3 Å². The van der Waals surface area contributed by atoms with E-state index >= 15 is 0 Å². The van der Waals surface area contributed by atoms with Crippen LogP contribution in [0.4, 0.5) is 0 Å². The van der Waals surface area contributed by atoms with E-state index in [0.29, 0.717) is 19.2 Å². The normalized spacial score (nSPS) is 14.1. The second-order valence-electron chi connectivity index (χ2n) is 5.69. The molecular formula is C17H29NO4. The number of hydrogen-bond acceptors (Lipinski definition) is 5. The molecule has 1 aromatic carbocycles. The summed E-state index contributed by atoms with van der Waals surface area (Å²) in [5.74, 6) is 0.757. The molecule has 0 aromatic heterocycles. The minimum atomic E-state index is -0.512.